The first kappa shape index (κ1) is 22.2. The largest absolute Gasteiger partial charge is 0.495 e. The first-order chi connectivity index (χ1) is 14.3. The number of rotatable bonds is 7. The Morgan fingerprint density at radius 3 is 2.47 bits per heavy atom. The quantitative estimate of drug-likeness (QED) is 0.622. The number of hydrogen-bond acceptors (Lipinski definition) is 6. The molecule has 0 saturated carbocycles. The molecule has 0 aromatic heterocycles. The highest BCUT2D eigenvalue weighted by atomic mass is 35.5. The van der Waals surface area contributed by atoms with Gasteiger partial charge < -0.3 is 24.6 Å². The maximum atomic E-state index is 12.7. The normalized spacial score (nSPS) is 21.5. The average Bonchev–Trinajstić information content (AvgIpc) is 3.01. The number of hydrogen-bond donors (Lipinski definition) is 2. The molecule has 1 aromatic rings. The van der Waals surface area contributed by atoms with E-state index < -0.39 is 17.5 Å². The number of methoxy groups -OCH3 is 2. The molecule has 2 fully saturated rings. The summed E-state index contributed by atoms with van der Waals surface area (Å²) in [5, 5.41) is 5.42. The summed E-state index contributed by atoms with van der Waals surface area (Å²) in [4.78, 5) is 40.4. The lowest BCUT2D eigenvalue weighted by molar-refractivity contribution is -0.133. The van der Waals surface area contributed by atoms with Gasteiger partial charge in [0.25, 0.3) is 5.91 Å². The minimum atomic E-state index is -1.19. The van der Waals surface area contributed by atoms with Crippen molar-refractivity contribution < 1.29 is 23.9 Å². The van der Waals surface area contributed by atoms with Crippen LogP contribution in [0.4, 0.5) is 10.5 Å². The number of urea groups is 1. The van der Waals surface area contributed by atoms with Crippen LogP contribution in [0, 0.1) is 6.92 Å². The number of imide groups is 1. The number of carbonyl (C=O) groups excluding carboxylic acids is 3. The zero-order chi connectivity index (χ0) is 21.9. The van der Waals surface area contributed by atoms with Gasteiger partial charge >= 0.3 is 6.03 Å². The lowest BCUT2D eigenvalue weighted by atomic mass is 9.94. The Hall–Kier alpha value is -2.52. The second-order valence-corrected chi connectivity index (χ2v) is 7.95. The minimum absolute atomic E-state index is 0.0172. The Kier molecular flexibility index (Phi) is 6.72. The van der Waals surface area contributed by atoms with Crippen molar-refractivity contribution in [1.82, 2.24) is 15.5 Å². The van der Waals surface area contributed by atoms with Gasteiger partial charge in [0.1, 0.15) is 11.3 Å². The van der Waals surface area contributed by atoms with Crippen LogP contribution >= 0.6 is 11.6 Å². The van der Waals surface area contributed by atoms with Crippen molar-refractivity contribution in [3.8, 4) is 5.75 Å². The second-order valence-electron chi connectivity index (χ2n) is 7.57. The van der Waals surface area contributed by atoms with Crippen LogP contribution in [0.2, 0.25) is 5.02 Å². The lowest BCUT2D eigenvalue weighted by Gasteiger charge is -2.37. The number of aryl methyl sites for hydroxylation is 1. The molecule has 0 spiro atoms. The zero-order valence-electron chi connectivity index (χ0n) is 17.4. The highest BCUT2D eigenvalue weighted by Crippen LogP contribution is 2.33. The molecule has 0 radical (unpaired) electrons. The smallest absolute Gasteiger partial charge is 0.322 e. The monoisotopic (exact) mass is 438 g/mol. The van der Waals surface area contributed by atoms with Crippen molar-refractivity contribution in [2.45, 2.75) is 25.3 Å². The molecule has 2 N–H and O–H groups in total. The van der Waals surface area contributed by atoms with E-state index in [4.69, 9.17) is 21.1 Å². The molecule has 2 saturated heterocycles. The molecule has 1 unspecified atom stereocenters. The van der Waals surface area contributed by atoms with Crippen molar-refractivity contribution in [2.24, 2.45) is 0 Å². The van der Waals surface area contributed by atoms with Crippen molar-refractivity contribution in [2.75, 3.05) is 51.9 Å². The highest BCUT2D eigenvalue weighted by molar-refractivity contribution is 6.32. The molecule has 1 atom stereocenters. The van der Waals surface area contributed by atoms with E-state index in [-0.39, 0.29) is 25.4 Å². The van der Waals surface area contributed by atoms with Gasteiger partial charge in [-0.2, -0.15) is 0 Å². The van der Waals surface area contributed by atoms with Crippen LogP contribution in [-0.4, -0.2) is 75.3 Å². The molecule has 2 aliphatic heterocycles. The van der Waals surface area contributed by atoms with Crippen LogP contribution < -0.4 is 20.3 Å². The molecule has 0 bridgehead atoms. The Bertz CT molecular complexity index is 841. The van der Waals surface area contributed by atoms with Gasteiger partial charge in [-0.25, -0.2) is 4.79 Å². The number of benzene rings is 1. The molecule has 2 heterocycles. The number of carbonyl (C=O) groups is 3. The first-order valence-electron chi connectivity index (χ1n) is 9.79. The third-order valence-corrected chi connectivity index (χ3v) is 6.08. The fourth-order valence-electron chi connectivity index (χ4n) is 3.87. The summed E-state index contributed by atoms with van der Waals surface area (Å²) in [6.45, 7) is 4.44. The Balaban J connectivity index is 1.57. The van der Waals surface area contributed by atoms with Gasteiger partial charge in [0.2, 0.25) is 5.91 Å². The van der Waals surface area contributed by atoms with Crippen LogP contribution in [-0.2, 0) is 14.3 Å². The van der Waals surface area contributed by atoms with Crippen LogP contribution in [0.15, 0.2) is 12.1 Å². The molecule has 30 heavy (non-hydrogen) atoms. The molecule has 4 amide bonds. The van der Waals surface area contributed by atoms with E-state index in [1.807, 2.05) is 19.1 Å². The van der Waals surface area contributed by atoms with Gasteiger partial charge in [-0.1, -0.05) is 11.6 Å². The molecule has 1 aromatic carbocycles. The van der Waals surface area contributed by atoms with Gasteiger partial charge in [-0.05, 0) is 25.0 Å². The third-order valence-electron chi connectivity index (χ3n) is 5.59. The number of amides is 4. The lowest BCUT2D eigenvalue weighted by Crippen LogP contribution is -2.52. The maximum Gasteiger partial charge on any atom is 0.322 e. The van der Waals surface area contributed by atoms with E-state index in [9.17, 15) is 14.4 Å². The summed E-state index contributed by atoms with van der Waals surface area (Å²) in [5.74, 6) is 0.119. The maximum absolute atomic E-state index is 12.7. The van der Waals surface area contributed by atoms with Crippen LogP contribution in [0.5, 0.6) is 5.75 Å². The molecular formula is C20H27ClN4O5. The van der Waals surface area contributed by atoms with Crippen LogP contribution in [0.3, 0.4) is 0 Å². The zero-order valence-corrected chi connectivity index (χ0v) is 18.2. The number of ether oxygens (including phenoxy) is 2. The predicted molar refractivity (Wildman–Crippen MR) is 112 cm³/mol. The van der Waals surface area contributed by atoms with E-state index in [0.29, 0.717) is 37.0 Å². The summed E-state index contributed by atoms with van der Waals surface area (Å²) in [6, 6.07) is 3.35. The average molecular weight is 439 g/mol. The van der Waals surface area contributed by atoms with E-state index in [0.717, 1.165) is 11.3 Å². The van der Waals surface area contributed by atoms with Gasteiger partial charge in [-0.3, -0.25) is 14.9 Å². The summed E-state index contributed by atoms with van der Waals surface area (Å²) in [5.41, 5.74) is 0.746. The Morgan fingerprint density at radius 1 is 1.20 bits per heavy atom. The summed E-state index contributed by atoms with van der Waals surface area (Å²) < 4.78 is 10.4. The highest BCUT2D eigenvalue weighted by Gasteiger charge is 2.46. The second kappa shape index (κ2) is 9.09. The van der Waals surface area contributed by atoms with Crippen molar-refractivity contribution in [3.63, 3.8) is 0 Å². The fourth-order valence-corrected chi connectivity index (χ4v) is 4.05. The van der Waals surface area contributed by atoms with E-state index in [1.165, 1.54) is 7.11 Å². The topological polar surface area (TPSA) is 100 Å². The van der Waals surface area contributed by atoms with E-state index in [2.05, 4.69) is 15.5 Å². The number of piperazine rings is 1. The van der Waals surface area contributed by atoms with E-state index in [1.54, 1.807) is 12.0 Å². The van der Waals surface area contributed by atoms with Crippen LogP contribution in [0.1, 0.15) is 18.4 Å². The summed E-state index contributed by atoms with van der Waals surface area (Å²) in [6.07, 6.45) is 0.329. The summed E-state index contributed by atoms with van der Waals surface area (Å²) in [7, 11) is 3.04. The summed E-state index contributed by atoms with van der Waals surface area (Å²) >= 11 is 6.25. The molecule has 10 heteroatoms. The van der Waals surface area contributed by atoms with Gasteiger partial charge in [-0.15, -0.1) is 0 Å². The first-order valence-corrected chi connectivity index (χ1v) is 10.2. The van der Waals surface area contributed by atoms with Gasteiger partial charge in [0.05, 0.1) is 18.7 Å². The molecule has 9 nitrogen and oxygen atoms in total. The predicted octanol–water partition coefficient (Wildman–Crippen LogP) is 1.31. The molecule has 2 aliphatic rings. The number of halogens is 1. The standard InChI is InChI=1S/C20H27ClN4O5/c1-13-10-14(11-15(30-3)17(13)21)24-6-8-25(9-7-24)16(26)4-5-20(12-29-2)18(27)22-19(28)23-20/h10-11H,4-9,12H2,1-3H3,(H2,22,23,27,28). The number of nitrogens with one attached hydrogen (secondary N) is 2. The SMILES string of the molecule is COCC1(CCC(=O)N2CCN(c3cc(C)c(Cl)c(OC)c3)CC2)NC(=O)NC1=O. The fraction of sp³-hybridized carbons (Fsp3) is 0.550. The molecule has 0 aliphatic carbocycles. The Labute approximate surface area is 180 Å². The molecule has 164 valence electrons. The van der Waals surface area contributed by atoms with Crippen molar-refractivity contribution in [1.29, 1.82) is 0 Å². The van der Waals surface area contributed by atoms with Gasteiger partial charge in [0.15, 0.2) is 0 Å². The minimum Gasteiger partial charge on any atom is -0.495 e. The third kappa shape index (κ3) is 4.46. The number of nitrogens with zero attached hydrogens (tertiary/aromatic N) is 2. The molecule has 3 rings (SSSR count). The molecular weight excluding hydrogens is 412 g/mol. The van der Waals surface area contributed by atoms with E-state index >= 15 is 0 Å². The van der Waals surface area contributed by atoms with Crippen LogP contribution in [0.25, 0.3) is 0 Å². The Morgan fingerprint density at radius 2 is 1.90 bits per heavy atom. The van der Waals surface area contributed by atoms with Crippen molar-refractivity contribution in [3.05, 3.63) is 22.7 Å². The number of anilines is 1. The van der Waals surface area contributed by atoms with Crippen molar-refractivity contribution >= 4 is 35.1 Å². The van der Waals surface area contributed by atoms with Gasteiger partial charge in [0, 0.05) is 51.5 Å².